The molecule has 1 saturated heterocycles. The Morgan fingerprint density at radius 3 is 2.40 bits per heavy atom. The van der Waals surface area contributed by atoms with Crippen LogP contribution >= 0.6 is 23.2 Å². The smallest absolute Gasteiger partial charge is 0.319 e. The Hall–Kier alpha value is -2.11. The van der Waals surface area contributed by atoms with Crippen LogP contribution in [0.4, 0.5) is 9.18 Å². The van der Waals surface area contributed by atoms with Crippen LogP contribution in [0, 0.1) is 5.82 Å². The van der Waals surface area contributed by atoms with Crippen molar-refractivity contribution >= 4 is 35.1 Å². The molecule has 2 aromatic carbocycles. The van der Waals surface area contributed by atoms with Crippen LogP contribution in [0.2, 0.25) is 10.0 Å². The minimum atomic E-state index is -1.20. The van der Waals surface area contributed by atoms with Crippen LogP contribution in [-0.2, 0) is 16.9 Å². The molecule has 0 saturated carbocycles. The van der Waals surface area contributed by atoms with E-state index in [2.05, 4.69) is 5.32 Å². The fourth-order valence-corrected chi connectivity index (χ4v) is 3.43. The summed E-state index contributed by atoms with van der Waals surface area (Å²) in [6.07, 6.45) is 0.341. The number of hydrogen-bond acceptors (Lipinski definition) is 2. The molecular formula is C18H15Cl2FN2O2. The molecular weight excluding hydrogens is 366 g/mol. The van der Waals surface area contributed by atoms with Gasteiger partial charge in [0.25, 0.3) is 5.91 Å². The number of benzene rings is 2. The van der Waals surface area contributed by atoms with Gasteiger partial charge in [0, 0.05) is 10.0 Å². The number of halogens is 3. The highest BCUT2D eigenvalue weighted by molar-refractivity contribution is 6.35. The highest BCUT2D eigenvalue weighted by Gasteiger charge is 2.51. The van der Waals surface area contributed by atoms with Gasteiger partial charge in [0.15, 0.2) is 0 Å². The van der Waals surface area contributed by atoms with Crippen molar-refractivity contribution in [3.05, 3.63) is 69.5 Å². The highest BCUT2D eigenvalue weighted by atomic mass is 35.5. The number of amides is 3. The van der Waals surface area contributed by atoms with Crippen molar-refractivity contribution in [2.75, 3.05) is 0 Å². The topological polar surface area (TPSA) is 49.4 Å². The van der Waals surface area contributed by atoms with Crippen molar-refractivity contribution in [2.45, 2.75) is 25.4 Å². The van der Waals surface area contributed by atoms with Crippen LogP contribution in [0.5, 0.6) is 0 Å². The number of imide groups is 1. The summed E-state index contributed by atoms with van der Waals surface area (Å²) >= 11 is 12.0. The van der Waals surface area contributed by atoms with E-state index in [9.17, 15) is 14.0 Å². The van der Waals surface area contributed by atoms with Gasteiger partial charge in [0.05, 0.1) is 6.54 Å². The molecule has 1 atom stereocenters. The van der Waals surface area contributed by atoms with Crippen molar-refractivity contribution < 1.29 is 14.0 Å². The Balaban J connectivity index is 1.94. The molecule has 25 heavy (non-hydrogen) atoms. The van der Waals surface area contributed by atoms with Gasteiger partial charge in [0.1, 0.15) is 11.4 Å². The minimum absolute atomic E-state index is 0.0314. The van der Waals surface area contributed by atoms with Crippen molar-refractivity contribution in [2.24, 2.45) is 0 Å². The van der Waals surface area contributed by atoms with Crippen molar-refractivity contribution in [1.29, 1.82) is 0 Å². The van der Waals surface area contributed by atoms with Crippen molar-refractivity contribution in [1.82, 2.24) is 10.2 Å². The van der Waals surface area contributed by atoms with E-state index >= 15 is 0 Å². The van der Waals surface area contributed by atoms with E-state index < -0.39 is 23.3 Å². The maximum atomic E-state index is 13.2. The third kappa shape index (κ3) is 3.10. The summed E-state index contributed by atoms with van der Waals surface area (Å²) in [5, 5.41) is 3.60. The molecule has 4 nitrogen and oxygen atoms in total. The van der Waals surface area contributed by atoms with Gasteiger partial charge in [0.2, 0.25) is 0 Å². The molecule has 0 bridgehead atoms. The molecule has 0 spiro atoms. The molecule has 1 heterocycles. The van der Waals surface area contributed by atoms with Gasteiger partial charge in [-0.2, -0.15) is 0 Å². The van der Waals surface area contributed by atoms with Crippen LogP contribution in [0.3, 0.4) is 0 Å². The monoisotopic (exact) mass is 380 g/mol. The zero-order valence-electron chi connectivity index (χ0n) is 13.4. The van der Waals surface area contributed by atoms with Crippen LogP contribution in [-0.4, -0.2) is 16.8 Å². The number of urea groups is 1. The molecule has 3 amide bonds. The second kappa shape index (κ2) is 6.65. The SMILES string of the molecule is CCC1(c2ccc(F)cc2)NC(=O)N(Cc2ccc(Cl)cc2Cl)C1=O. The van der Waals surface area contributed by atoms with E-state index in [-0.39, 0.29) is 6.54 Å². The van der Waals surface area contributed by atoms with E-state index in [1.54, 1.807) is 25.1 Å². The second-order valence-corrected chi connectivity index (χ2v) is 6.67. The first kappa shape index (κ1) is 17.7. The Labute approximate surface area is 154 Å². The van der Waals surface area contributed by atoms with E-state index in [4.69, 9.17) is 23.2 Å². The third-order valence-electron chi connectivity index (χ3n) is 4.39. The summed E-state index contributed by atoms with van der Waals surface area (Å²) < 4.78 is 13.2. The van der Waals surface area contributed by atoms with E-state index in [0.717, 1.165) is 4.90 Å². The maximum absolute atomic E-state index is 13.2. The van der Waals surface area contributed by atoms with Crippen LogP contribution in [0.25, 0.3) is 0 Å². The standard InChI is InChI=1S/C18H15Cl2FN2O2/c1-2-18(12-4-7-14(21)8-5-12)16(24)23(17(25)22-18)10-11-3-6-13(19)9-15(11)20/h3-9H,2,10H2,1H3,(H,22,25). The molecule has 0 aliphatic carbocycles. The third-order valence-corrected chi connectivity index (χ3v) is 4.97. The zero-order valence-corrected chi connectivity index (χ0v) is 14.9. The van der Waals surface area contributed by atoms with Crippen LogP contribution in [0.1, 0.15) is 24.5 Å². The number of nitrogens with zero attached hydrogens (tertiary/aromatic N) is 1. The summed E-state index contributed by atoms with van der Waals surface area (Å²) in [5.41, 5.74) is -0.0519. The Morgan fingerprint density at radius 2 is 1.80 bits per heavy atom. The van der Waals surface area contributed by atoms with E-state index in [1.165, 1.54) is 24.3 Å². The van der Waals surface area contributed by atoms with Gasteiger partial charge in [-0.1, -0.05) is 48.3 Å². The molecule has 1 aliphatic rings. The quantitative estimate of drug-likeness (QED) is 0.794. The number of carbonyl (C=O) groups excluding carboxylic acids is 2. The average Bonchev–Trinajstić information content (AvgIpc) is 2.82. The largest absolute Gasteiger partial charge is 0.325 e. The van der Waals surface area contributed by atoms with Crippen LogP contribution < -0.4 is 5.32 Å². The first-order valence-electron chi connectivity index (χ1n) is 7.71. The summed E-state index contributed by atoms with van der Waals surface area (Å²) in [5.74, 6) is -0.797. The predicted octanol–water partition coefficient (Wildman–Crippen LogP) is 4.49. The first-order valence-corrected chi connectivity index (χ1v) is 8.47. The summed E-state index contributed by atoms with van der Waals surface area (Å²) in [6.45, 7) is 1.82. The van der Waals surface area contributed by atoms with E-state index in [0.29, 0.717) is 27.6 Å². The van der Waals surface area contributed by atoms with Gasteiger partial charge >= 0.3 is 6.03 Å². The lowest BCUT2D eigenvalue weighted by molar-refractivity contribution is -0.132. The average molecular weight is 381 g/mol. The van der Waals surface area contributed by atoms with Gasteiger partial charge < -0.3 is 5.32 Å². The lowest BCUT2D eigenvalue weighted by atomic mass is 9.87. The van der Waals surface area contributed by atoms with Gasteiger partial charge in [-0.05, 0) is 41.8 Å². The molecule has 3 rings (SSSR count). The first-order chi connectivity index (χ1) is 11.9. The molecule has 0 radical (unpaired) electrons. The van der Waals surface area contributed by atoms with Crippen LogP contribution in [0.15, 0.2) is 42.5 Å². The van der Waals surface area contributed by atoms with Gasteiger partial charge in [-0.3, -0.25) is 9.69 Å². The lowest BCUT2D eigenvalue weighted by Crippen LogP contribution is -2.43. The molecule has 1 fully saturated rings. The Morgan fingerprint density at radius 1 is 1.12 bits per heavy atom. The molecule has 1 unspecified atom stereocenters. The molecule has 0 aromatic heterocycles. The molecule has 130 valence electrons. The number of hydrogen-bond donors (Lipinski definition) is 1. The lowest BCUT2D eigenvalue weighted by Gasteiger charge is -2.25. The van der Waals surface area contributed by atoms with Gasteiger partial charge in [-0.25, -0.2) is 9.18 Å². The fraction of sp³-hybridized carbons (Fsp3) is 0.222. The normalized spacial score (nSPS) is 20.1. The number of nitrogens with one attached hydrogen (secondary N) is 1. The van der Waals surface area contributed by atoms with Crippen molar-refractivity contribution in [3.8, 4) is 0 Å². The Bertz CT molecular complexity index is 841. The maximum Gasteiger partial charge on any atom is 0.325 e. The molecule has 1 N–H and O–H groups in total. The van der Waals surface area contributed by atoms with Crippen molar-refractivity contribution in [3.63, 3.8) is 0 Å². The highest BCUT2D eigenvalue weighted by Crippen LogP contribution is 2.34. The minimum Gasteiger partial charge on any atom is -0.319 e. The molecule has 1 aliphatic heterocycles. The Kier molecular flexibility index (Phi) is 4.71. The summed E-state index contributed by atoms with van der Waals surface area (Å²) in [6, 6.07) is 9.93. The summed E-state index contributed by atoms with van der Waals surface area (Å²) in [7, 11) is 0. The number of carbonyl (C=O) groups is 2. The predicted molar refractivity (Wildman–Crippen MR) is 93.9 cm³/mol. The molecule has 7 heteroatoms. The number of rotatable bonds is 4. The summed E-state index contributed by atoms with van der Waals surface area (Å²) in [4.78, 5) is 26.6. The second-order valence-electron chi connectivity index (χ2n) is 5.82. The fourth-order valence-electron chi connectivity index (χ4n) is 2.96. The molecule has 2 aromatic rings. The van der Waals surface area contributed by atoms with E-state index in [1.807, 2.05) is 0 Å². The zero-order chi connectivity index (χ0) is 18.2. The van der Waals surface area contributed by atoms with Gasteiger partial charge in [-0.15, -0.1) is 0 Å².